The molecule has 0 aliphatic rings. The Balaban J connectivity index is 1.40. The fraction of sp³-hybridized carbons (Fsp3) is 0.588. The van der Waals surface area contributed by atoms with Gasteiger partial charge in [-0.1, -0.05) is 98.0 Å². The van der Waals surface area contributed by atoms with E-state index in [9.17, 15) is 14.4 Å². The maximum atomic E-state index is 12.6. The zero-order valence-electron chi connectivity index (χ0n) is 27.0. The molecule has 0 saturated carbocycles. The van der Waals surface area contributed by atoms with Crippen molar-refractivity contribution < 1.29 is 19.1 Å². The molecule has 2 N–H and O–H groups in total. The number of aromatic nitrogens is 4. The average molecular weight is 607 g/mol. The highest BCUT2D eigenvalue weighted by molar-refractivity contribution is 5.98. The van der Waals surface area contributed by atoms with Crippen molar-refractivity contribution in [3.8, 4) is 11.4 Å². The largest absolute Gasteiger partial charge is 0.466 e. The molecule has 1 aromatic carbocycles. The number of unbranched alkanes of at least 4 members (excludes halogenated alkanes) is 11. The van der Waals surface area contributed by atoms with Gasteiger partial charge in [-0.3, -0.25) is 14.4 Å². The van der Waals surface area contributed by atoms with Gasteiger partial charge in [0.1, 0.15) is 0 Å². The third-order valence-corrected chi connectivity index (χ3v) is 7.69. The van der Waals surface area contributed by atoms with Crippen LogP contribution in [0.4, 0.5) is 11.4 Å². The van der Waals surface area contributed by atoms with E-state index in [-0.39, 0.29) is 36.5 Å². The second-order valence-corrected chi connectivity index (χ2v) is 11.9. The van der Waals surface area contributed by atoms with Gasteiger partial charge in [0.25, 0.3) is 0 Å². The minimum atomic E-state index is -0.373. The number of carbonyl (C=O) groups is 3. The molecule has 10 heteroatoms. The molecule has 3 aromatic rings. The molecule has 0 saturated heterocycles. The fourth-order valence-corrected chi connectivity index (χ4v) is 4.88. The third kappa shape index (κ3) is 11.0. The molecule has 3 rings (SSSR count). The van der Waals surface area contributed by atoms with Gasteiger partial charge in [0, 0.05) is 28.8 Å². The minimum absolute atomic E-state index is 0.00149. The van der Waals surface area contributed by atoms with Gasteiger partial charge in [-0.15, -0.1) is 9.73 Å². The van der Waals surface area contributed by atoms with Crippen LogP contribution in [0.1, 0.15) is 116 Å². The standard InChI is InChI=1S/C34H50N6O4/c1-6-7-8-9-10-11-12-13-14-15-16-17-22-44-31(42)21-20-30(41)35-27-18-19-28(29(23-27)36-34(43)24(2)3)32-37-33-25(4)26(5)38-40(33)39-32/h18-19,23-24H,4,6-17,20-22H2,1-3,5H3,(H,35,41)(H,36,43). The first-order chi connectivity index (χ1) is 21.2. The summed E-state index contributed by atoms with van der Waals surface area (Å²) in [6, 6.07) is 5.10. The molecule has 0 bridgehead atoms. The van der Waals surface area contributed by atoms with Crippen LogP contribution in [-0.4, -0.2) is 44.2 Å². The summed E-state index contributed by atoms with van der Waals surface area (Å²) >= 11 is 0. The summed E-state index contributed by atoms with van der Waals surface area (Å²) in [4.78, 5) is 41.9. The van der Waals surface area contributed by atoms with Gasteiger partial charge < -0.3 is 15.4 Å². The second kappa shape index (κ2) is 18.1. The predicted molar refractivity (Wildman–Crippen MR) is 175 cm³/mol. The minimum Gasteiger partial charge on any atom is -0.466 e. The third-order valence-electron chi connectivity index (χ3n) is 7.69. The molecule has 0 fully saturated rings. The molecular weight excluding hydrogens is 556 g/mol. The number of nitrogens with one attached hydrogen (secondary N) is 2. The van der Waals surface area contributed by atoms with Crippen LogP contribution in [0.15, 0.2) is 18.2 Å². The molecule has 0 atom stereocenters. The molecule has 0 unspecified atom stereocenters. The number of rotatable bonds is 20. The lowest BCUT2D eigenvalue weighted by molar-refractivity contribution is -0.144. The first-order valence-electron chi connectivity index (χ1n) is 16.3. The first kappa shape index (κ1) is 34.7. The van der Waals surface area contributed by atoms with E-state index in [1.807, 2.05) is 6.92 Å². The van der Waals surface area contributed by atoms with Crippen molar-refractivity contribution in [3.05, 3.63) is 29.1 Å². The number of ether oxygens (including phenoxy) is 1. The number of aryl methyl sites for hydroxylation is 1. The maximum Gasteiger partial charge on any atom is 0.306 e. The number of benzene rings is 1. The van der Waals surface area contributed by atoms with E-state index in [1.54, 1.807) is 32.0 Å². The number of anilines is 2. The Hall–Kier alpha value is -3.82. The van der Waals surface area contributed by atoms with Gasteiger partial charge in [-0.2, -0.15) is 5.10 Å². The zero-order chi connectivity index (χ0) is 31.9. The number of amides is 2. The highest BCUT2D eigenvalue weighted by Crippen LogP contribution is 2.29. The van der Waals surface area contributed by atoms with Crippen molar-refractivity contribution >= 4 is 41.4 Å². The molecule has 2 aromatic heterocycles. The van der Waals surface area contributed by atoms with E-state index in [4.69, 9.17) is 4.74 Å². The molecule has 44 heavy (non-hydrogen) atoms. The predicted octanol–water partition coefficient (Wildman–Crippen LogP) is 6.79. The molecular formula is C34H50N6O4. The molecule has 2 heterocycles. The SMILES string of the molecule is C=c1c(C)nn2nc(-c3ccc(NC(=O)CCC(=O)OCCCCCCCCCCCCCC)cc3NC(=O)C(C)C)nc12. The summed E-state index contributed by atoms with van der Waals surface area (Å²) in [5.41, 5.74) is 2.81. The fourth-order valence-electron chi connectivity index (χ4n) is 4.88. The molecule has 0 radical (unpaired) electrons. The number of nitrogens with zero attached hydrogens (tertiary/aromatic N) is 4. The molecule has 0 aliphatic heterocycles. The number of hydrogen-bond donors (Lipinski definition) is 2. The molecule has 2 amide bonds. The van der Waals surface area contributed by atoms with Gasteiger partial charge in [0.2, 0.25) is 11.8 Å². The van der Waals surface area contributed by atoms with E-state index in [0.29, 0.717) is 40.2 Å². The molecule has 240 valence electrons. The highest BCUT2D eigenvalue weighted by Gasteiger charge is 2.18. The van der Waals surface area contributed by atoms with Crippen LogP contribution in [0.3, 0.4) is 0 Å². The smallest absolute Gasteiger partial charge is 0.306 e. The highest BCUT2D eigenvalue weighted by atomic mass is 16.5. The average Bonchev–Trinajstić information content (AvgIpc) is 3.52. The van der Waals surface area contributed by atoms with Crippen LogP contribution in [0.5, 0.6) is 0 Å². The summed E-state index contributed by atoms with van der Waals surface area (Å²) in [5.74, 6) is -0.752. The van der Waals surface area contributed by atoms with E-state index in [1.165, 1.54) is 62.4 Å². The number of esters is 1. The lowest BCUT2D eigenvalue weighted by Gasteiger charge is -2.13. The molecule has 0 spiro atoms. The molecule has 10 nitrogen and oxygen atoms in total. The van der Waals surface area contributed by atoms with E-state index < -0.39 is 0 Å². The summed E-state index contributed by atoms with van der Waals surface area (Å²) in [6.45, 7) is 12.1. The van der Waals surface area contributed by atoms with Crippen LogP contribution in [-0.2, 0) is 19.1 Å². The first-order valence-corrected chi connectivity index (χ1v) is 16.3. The van der Waals surface area contributed by atoms with Crippen LogP contribution in [0.25, 0.3) is 23.6 Å². The van der Waals surface area contributed by atoms with Gasteiger partial charge in [0.15, 0.2) is 11.5 Å². The Morgan fingerprint density at radius 2 is 1.52 bits per heavy atom. The van der Waals surface area contributed by atoms with Crippen molar-refractivity contribution in [1.82, 2.24) is 19.8 Å². The maximum absolute atomic E-state index is 12.6. The lowest BCUT2D eigenvalue weighted by atomic mass is 10.1. The topological polar surface area (TPSA) is 128 Å². The summed E-state index contributed by atoms with van der Waals surface area (Å²) in [6.07, 6.45) is 15.0. The van der Waals surface area contributed by atoms with Gasteiger partial charge in [0.05, 0.1) is 24.4 Å². The Morgan fingerprint density at radius 3 is 2.14 bits per heavy atom. The van der Waals surface area contributed by atoms with Crippen LogP contribution >= 0.6 is 0 Å². The zero-order valence-corrected chi connectivity index (χ0v) is 27.0. The Morgan fingerprint density at radius 1 is 0.886 bits per heavy atom. The van der Waals surface area contributed by atoms with Crippen molar-refractivity contribution in [2.75, 3.05) is 17.2 Å². The van der Waals surface area contributed by atoms with Crippen LogP contribution in [0.2, 0.25) is 0 Å². The number of fused-ring (bicyclic) bond motifs is 1. The number of hydrogen-bond acceptors (Lipinski definition) is 7. The Labute approximate surface area is 261 Å². The summed E-state index contributed by atoms with van der Waals surface area (Å²) in [5, 5.41) is 15.2. The van der Waals surface area contributed by atoms with Gasteiger partial charge >= 0.3 is 5.97 Å². The van der Waals surface area contributed by atoms with Gasteiger partial charge in [-0.05, 0) is 31.5 Å². The quantitative estimate of drug-likeness (QED) is 0.107. The van der Waals surface area contributed by atoms with Crippen molar-refractivity contribution in [2.24, 2.45) is 5.92 Å². The van der Waals surface area contributed by atoms with E-state index in [2.05, 4.69) is 39.3 Å². The number of carbonyl (C=O) groups excluding carboxylic acids is 3. The molecule has 0 aliphatic carbocycles. The van der Waals surface area contributed by atoms with Crippen LogP contribution in [0, 0.1) is 12.8 Å². The van der Waals surface area contributed by atoms with Crippen molar-refractivity contribution in [1.29, 1.82) is 0 Å². The summed E-state index contributed by atoms with van der Waals surface area (Å²) in [7, 11) is 0. The van der Waals surface area contributed by atoms with Crippen molar-refractivity contribution in [3.63, 3.8) is 0 Å². The Bertz CT molecular complexity index is 1420. The Kier molecular flexibility index (Phi) is 14.3. The second-order valence-electron chi connectivity index (χ2n) is 11.9. The van der Waals surface area contributed by atoms with E-state index >= 15 is 0 Å². The summed E-state index contributed by atoms with van der Waals surface area (Å²) < 4.78 is 6.75. The van der Waals surface area contributed by atoms with E-state index in [0.717, 1.165) is 25.0 Å². The lowest BCUT2D eigenvalue weighted by Crippen LogP contribution is -2.19. The van der Waals surface area contributed by atoms with Gasteiger partial charge in [-0.25, -0.2) is 4.98 Å². The normalized spacial score (nSPS) is 11.3. The van der Waals surface area contributed by atoms with Crippen molar-refractivity contribution in [2.45, 2.75) is 118 Å². The monoisotopic (exact) mass is 606 g/mol. The van der Waals surface area contributed by atoms with Crippen LogP contribution < -0.4 is 15.9 Å².